The van der Waals surface area contributed by atoms with E-state index in [-0.39, 0.29) is 6.10 Å². The van der Waals surface area contributed by atoms with E-state index in [1.165, 1.54) is 7.11 Å². The lowest BCUT2D eigenvalue weighted by Crippen LogP contribution is -2.08. The molecule has 82 valence electrons. The molecule has 0 aliphatic carbocycles. The Balaban J connectivity index is 2.65. The third-order valence-electron chi connectivity index (χ3n) is 2.02. The minimum Gasteiger partial charge on any atom is -0.497 e. The summed E-state index contributed by atoms with van der Waals surface area (Å²) in [6, 6.07) is 7.30. The summed E-state index contributed by atoms with van der Waals surface area (Å²) in [6.07, 6.45) is -1.01. The van der Waals surface area contributed by atoms with Crippen LogP contribution in [0.5, 0.6) is 5.75 Å². The van der Waals surface area contributed by atoms with Gasteiger partial charge in [-0.15, -0.1) is 0 Å². The number of methoxy groups -OCH3 is 2. The molecule has 0 amide bonds. The third kappa shape index (κ3) is 3.16. The van der Waals surface area contributed by atoms with Crippen molar-refractivity contribution in [3.63, 3.8) is 0 Å². The SMILES string of the molecule is COC(=O)OC(C)c1ccc(OC)cc1. The number of carbonyl (C=O) groups is 1. The largest absolute Gasteiger partial charge is 0.508 e. The van der Waals surface area contributed by atoms with Crippen LogP contribution in [0.15, 0.2) is 24.3 Å². The number of ether oxygens (including phenoxy) is 3. The highest BCUT2D eigenvalue weighted by Crippen LogP contribution is 2.20. The lowest BCUT2D eigenvalue weighted by Gasteiger charge is -2.12. The van der Waals surface area contributed by atoms with Crippen LogP contribution in [0.2, 0.25) is 0 Å². The molecule has 4 heteroatoms. The van der Waals surface area contributed by atoms with E-state index in [2.05, 4.69) is 4.74 Å². The van der Waals surface area contributed by atoms with Gasteiger partial charge in [0.25, 0.3) is 0 Å². The molecule has 0 aromatic heterocycles. The van der Waals surface area contributed by atoms with Crippen LogP contribution in [0.25, 0.3) is 0 Å². The molecule has 4 nitrogen and oxygen atoms in total. The predicted octanol–water partition coefficient (Wildman–Crippen LogP) is 2.54. The van der Waals surface area contributed by atoms with Crippen molar-refractivity contribution < 1.29 is 19.0 Å². The maximum absolute atomic E-state index is 10.8. The van der Waals surface area contributed by atoms with Crippen molar-refractivity contribution in [3.8, 4) is 5.75 Å². The zero-order chi connectivity index (χ0) is 11.3. The van der Waals surface area contributed by atoms with Gasteiger partial charge in [0.15, 0.2) is 0 Å². The van der Waals surface area contributed by atoms with Crippen LogP contribution in [0.4, 0.5) is 4.79 Å². The second kappa shape index (κ2) is 5.24. The van der Waals surface area contributed by atoms with E-state index in [4.69, 9.17) is 9.47 Å². The van der Waals surface area contributed by atoms with Gasteiger partial charge in [0.1, 0.15) is 11.9 Å². The van der Waals surface area contributed by atoms with E-state index in [0.29, 0.717) is 0 Å². The van der Waals surface area contributed by atoms with Crippen LogP contribution in [0, 0.1) is 0 Å². The Bertz CT molecular complexity index is 318. The molecule has 1 atom stereocenters. The molecular weight excluding hydrogens is 196 g/mol. The summed E-state index contributed by atoms with van der Waals surface area (Å²) in [5.74, 6) is 0.768. The molecule has 0 saturated carbocycles. The first-order valence-electron chi connectivity index (χ1n) is 4.56. The van der Waals surface area contributed by atoms with Crippen LogP contribution in [0.1, 0.15) is 18.6 Å². The van der Waals surface area contributed by atoms with Crippen LogP contribution >= 0.6 is 0 Å². The summed E-state index contributed by atoms with van der Waals surface area (Å²) in [6.45, 7) is 1.78. The average molecular weight is 210 g/mol. The standard InChI is InChI=1S/C11H14O4/c1-8(15-11(12)14-3)9-4-6-10(13-2)7-5-9/h4-8H,1-3H3. The minimum absolute atomic E-state index is 0.330. The summed E-state index contributed by atoms with van der Waals surface area (Å²) in [5, 5.41) is 0. The molecule has 1 aromatic carbocycles. The summed E-state index contributed by atoms with van der Waals surface area (Å²) in [5.41, 5.74) is 0.890. The van der Waals surface area contributed by atoms with Crippen molar-refractivity contribution in [2.75, 3.05) is 14.2 Å². The Morgan fingerprint density at radius 1 is 1.20 bits per heavy atom. The maximum atomic E-state index is 10.8. The van der Waals surface area contributed by atoms with E-state index >= 15 is 0 Å². The fraction of sp³-hybridized carbons (Fsp3) is 0.364. The van der Waals surface area contributed by atoms with Crippen molar-refractivity contribution in [3.05, 3.63) is 29.8 Å². The summed E-state index contributed by atoms with van der Waals surface area (Å²) < 4.78 is 14.4. The first kappa shape index (κ1) is 11.4. The number of hydrogen-bond donors (Lipinski definition) is 0. The van der Waals surface area contributed by atoms with Gasteiger partial charge < -0.3 is 14.2 Å². The predicted molar refractivity (Wildman–Crippen MR) is 54.9 cm³/mol. The van der Waals surface area contributed by atoms with Gasteiger partial charge in [0, 0.05) is 0 Å². The van der Waals surface area contributed by atoms with Crippen LogP contribution in [0.3, 0.4) is 0 Å². The zero-order valence-electron chi connectivity index (χ0n) is 9.02. The normalized spacial score (nSPS) is 11.7. The van der Waals surface area contributed by atoms with Crippen molar-refractivity contribution in [2.45, 2.75) is 13.0 Å². The second-order valence-electron chi connectivity index (χ2n) is 2.99. The van der Waals surface area contributed by atoms with Gasteiger partial charge in [-0.3, -0.25) is 0 Å². The topological polar surface area (TPSA) is 44.8 Å². The number of rotatable bonds is 3. The molecule has 0 saturated heterocycles. The molecule has 0 fully saturated rings. The minimum atomic E-state index is -0.682. The van der Waals surface area contributed by atoms with Crippen LogP contribution in [-0.4, -0.2) is 20.4 Å². The highest BCUT2D eigenvalue weighted by molar-refractivity contribution is 5.60. The quantitative estimate of drug-likeness (QED) is 0.719. The average Bonchev–Trinajstić information content (AvgIpc) is 2.29. The highest BCUT2D eigenvalue weighted by atomic mass is 16.7. The smallest absolute Gasteiger partial charge is 0.497 e. The first-order chi connectivity index (χ1) is 7.17. The van der Waals surface area contributed by atoms with Gasteiger partial charge >= 0.3 is 6.16 Å². The summed E-state index contributed by atoms with van der Waals surface area (Å²) in [7, 11) is 2.88. The molecule has 0 radical (unpaired) electrons. The van der Waals surface area contributed by atoms with Crippen LogP contribution < -0.4 is 4.74 Å². The van der Waals surface area contributed by atoms with E-state index in [1.54, 1.807) is 14.0 Å². The molecule has 1 rings (SSSR count). The van der Waals surface area contributed by atoms with E-state index < -0.39 is 6.16 Å². The zero-order valence-corrected chi connectivity index (χ0v) is 9.02. The Hall–Kier alpha value is -1.71. The van der Waals surface area contributed by atoms with Crippen molar-refractivity contribution in [1.82, 2.24) is 0 Å². The maximum Gasteiger partial charge on any atom is 0.508 e. The Morgan fingerprint density at radius 3 is 2.27 bits per heavy atom. The van der Waals surface area contributed by atoms with Crippen molar-refractivity contribution in [2.24, 2.45) is 0 Å². The van der Waals surface area contributed by atoms with Gasteiger partial charge in [-0.2, -0.15) is 0 Å². The molecule has 0 aliphatic heterocycles. The fourth-order valence-corrected chi connectivity index (χ4v) is 1.14. The Morgan fingerprint density at radius 2 is 1.80 bits per heavy atom. The van der Waals surface area contributed by atoms with Gasteiger partial charge in [0.05, 0.1) is 14.2 Å². The van der Waals surface area contributed by atoms with Gasteiger partial charge in [-0.25, -0.2) is 4.79 Å². The molecule has 1 aromatic rings. The number of benzene rings is 1. The summed E-state index contributed by atoms with van der Waals surface area (Å²) in [4.78, 5) is 10.8. The molecular formula is C11H14O4. The Labute approximate surface area is 88.8 Å². The van der Waals surface area contributed by atoms with E-state index in [1.807, 2.05) is 24.3 Å². The molecule has 0 heterocycles. The van der Waals surface area contributed by atoms with Crippen molar-refractivity contribution >= 4 is 6.16 Å². The molecule has 1 unspecified atom stereocenters. The molecule has 0 bridgehead atoms. The van der Waals surface area contributed by atoms with Crippen molar-refractivity contribution in [1.29, 1.82) is 0 Å². The van der Waals surface area contributed by atoms with Gasteiger partial charge in [0.2, 0.25) is 0 Å². The lowest BCUT2D eigenvalue weighted by molar-refractivity contribution is 0.0430. The molecule has 15 heavy (non-hydrogen) atoms. The number of carbonyl (C=O) groups excluding carboxylic acids is 1. The molecule has 0 N–H and O–H groups in total. The van der Waals surface area contributed by atoms with Crippen LogP contribution in [-0.2, 0) is 9.47 Å². The number of hydrogen-bond acceptors (Lipinski definition) is 4. The monoisotopic (exact) mass is 210 g/mol. The summed E-state index contributed by atoms with van der Waals surface area (Å²) >= 11 is 0. The van der Waals surface area contributed by atoms with E-state index in [0.717, 1.165) is 11.3 Å². The highest BCUT2D eigenvalue weighted by Gasteiger charge is 2.11. The third-order valence-corrected chi connectivity index (χ3v) is 2.02. The van der Waals surface area contributed by atoms with Gasteiger partial charge in [-0.05, 0) is 24.6 Å². The van der Waals surface area contributed by atoms with E-state index in [9.17, 15) is 4.79 Å². The second-order valence-corrected chi connectivity index (χ2v) is 2.99. The molecule has 0 spiro atoms. The van der Waals surface area contributed by atoms with Gasteiger partial charge in [-0.1, -0.05) is 12.1 Å². The Kier molecular flexibility index (Phi) is 3.97. The lowest BCUT2D eigenvalue weighted by atomic mass is 10.1. The molecule has 0 aliphatic rings. The first-order valence-corrected chi connectivity index (χ1v) is 4.56. The fourth-order valence-electron chi connectivity index (χ4n) is 1.14.